The number of nitriles is 1. The lowest BCUT2D eigenvalue weighted by Crippen LogP contribution is -2.40. The number of carbonyl (C=O) groups is 1. The van der Waals surface area contributed by atoms with E-state index in [9.17, 15) is 10.1 Å². The predicted octanol–water partition coefficient (Wildman–Crippen LogP) is 1.62. The van der Waals surface area contributed by atoms with E-state index in [-0.39, 0.29) is 11.9 Å². The minimum Gasteiger partial charge on any atom is -0.335 e. The minimum absolute atomic E-state index is 0.216. The van der Waals surface area contributed by atoms with Gasteiger partial charge in [0.25, 0.3) is 5.91 Å². The van der Waals surface area contributed by atoms with Crippen molar-refractivity contribution in [1.29, 1.82) is 5.26 Å². The Hall–Kier alpha value is -1.83. The summed E-state index contributed by atoms with van der Waals surface area (Å²) in [7, 11) is 1.77. The Morgan fingerprint density at radius 2 is 2.28 bits per heavy atom. The van der Waals surface area contributed by atoms with Gasteiger partial charge in [-0.25, -0.2) is 4.98 Å². The summed E-state index contributed by atoms with van der Waals surface area (Å²) in [5.74, 6) is 0.0769. The number of aromatic nitrogens is 2. The van der Waals surface area contributed by atoms with Crippen molar-refractivity contribution in [3.8, 4) is 6.07 Å². The fourth-order valence-corrected chi connectivity index (χ4v) is 2.51. The van der Waals surface area contributed by atoms with Crippen LogP contribution in [0, 0.1) is 17.2 Å². The third kappa shape index (κ3) is 2.70. The highest BCUT2D eigenvalue weighted by Crippen LogP contribution is 2.26. The molecule has 1 amide bonds. The number of imidazole rings is 1. The standard InChI is InChI=1S/C13H18N4O/c1-17-9-15-8-12(17)13(18)16-11(7-14)10-5-3-2-4-6-10/h8-11H,2-6H2,1H3,(H,16,18). The van der Waals surface area contributed by atoms with Crippen molar-refractivity contribution in [3.63, 3.8) is 0 Å². The summed E-state index contributed by atoms with van der Waals surface area (Å²) in [5.41, 5.74) is 0.492. The summed E-state index contributed by atoms with van der Waals surface area (Å²) >= 11 is 0. The smallest absolute Gasteiger partial charge is 0.270 e. The lowest BCUT2D eigenvalue weighted by molar-refractivity contribution is 0.0920. The fraction of sp³-hybridized carbons (Fsp3) is 0.615. The number of nitrogens with zero attached hydrogens (tertiary/aromatic N) is 3. The van der Waals surface area contributed by atoms with Crippen LogP contribution in [0.5, 0.6) is 0 Å². The Bertz CT molecular complexity index is 454. The molecule has 1 aromatic heterocycles. The molecule has 5 heteroatoms. The van der Waals surface area contributed by atoms with Crippen LogP contribution in [0.15, 0.2) is 12.5 Å². The average molecular weight is 246 g/mol. The van der Waals surface area contributed by atoms with Gasteiger partial charge in [-0.2, -0.15) is 5.26 Å². The molecule has 1 heterocycles. The van der Waals surface area contributed by atoms with Crippen LogP contribution in [0.25, 0.3) is 0 Å². The Balaban J connectivity index is 2.00. The van der Waals surface area contributed by atoms with Crippen LogP contribution in [0.2, 0.25) is 0 Å². The molecule has 0 spiro atoms. The first-order valence-electron chi connectivity index (χ1n) is 6.39. The fourth-order valence-electron chi connectivity index (χ4n) is 2.51. The number of aryl methyl sites for hydroxylation is 1. The quantitative estimate of drug-likeness (QED) is 0.881. The lowest BCUT2D eigenvalue weighted by Gasteiger charge is -2.26. The Kier molecular flexibility index (Phi) is 3.98. The number of rotatable bonds is 3. The molecule has 1 aromatic rings. The zero-order valence-corrected chi connectivity index (χ0v) is 10.6. The van der Waals surface area contributed by atoms with Crippen molar-refractivity contribution in [1.82, 2.24) is 14.9 Å². The van der Waals surface area contributed by atoms with Gasteiger partial charge in [0.2, 0.25) is 0 Å². The van der Waals surface area contributed by atoms with Crippen molar-refractivity contribution in [2.45, 2.75) is 38.1 Å². The van der Waals surface area contributed by atoms with Crippen LogP contribution in [0.4, 0.5) is 0 Å². The zero-order chi connectivity index (χ0) is 13.0. The molecule has 2 rings (SSSR count). The third-order valence-corrected chi connectivity index (χ3v) is 3.60. The molecule has 0 aromatic carbocycles. The summed E-state index contributed by atoms with van der Waals surface area (Å²) in [6, 6.07) is 1.84. The van der Waals surface area contributed by atoms with Crippen molar-refractivity contribution >= 4 is 5.91 Å². The van der Waals surface area contributed by atoms with Gasteiger partial charge in [0.15, 0.2) is 0 Å². The van der Waals surface area contributed by atoms with E-state index in [1.807, 2.05) is 0 Å². The minimum atomic E-state index is -0.382. The topological polar surface area (TPSA) is 70.7 Å². The highest BCUT2D eigenvalue weighted by atomic mass is 16.2. The van der Waals surface area contributed by atoms with E-state index in [0.717, 1.165) is 25.7 Å². The zero-order valence-electron chi connectivity index (χ0n) is 10.6. The molecule has 5 nitrogen and oxygen atoms in total. The maximum atomic E-state index is 12.0. The highest BCUT2D eigenvalue weighted by Gasteiger charge is 2.25. The molecule has 18 heavy (non-hydrogen) atoms. The molecule has 0 radical (unpaired) electrons. The molecule has 0 bridgehead atoms. The number of nitrogens with one attached hydrogen (secondary N) is 1. The summed E-state index contributed by atoms with van der Waals surface area (Å²) in [4.78, 5) is 15.9. The van der Waals surface area contributed by atoms with Gasteiger partial charge in [0, 0.05) is 7.05 Å². The van der Waals surface area contributed by atoms with E-state index in [1.165, 1.54) is 12.6 Å². The molecule has 1 saturated carbocycles. The summed E-state index contributed by atoms with van der Waals surface area (Å²) < 4.78 is 1.66. The first-order chi connectivity index (χ1) is 8.72. The van der Waals surface area contributed by atoms with E-state index in [2.05, 4.69) is 16.4 Å². The number of hydrogen-bond donors (Lipinski definition) is 1. The Labute approximate surface area is 107 Å². The maximum Gasteiger partial charge on any atom is 0.270 e. The van der Waals surface area contributed by atoms with E-state index in [1.54, 1.807) is 17.9 Å². The van der Waals surface area contributed by atoms with Gasteiger partial charge < -0.3 is 9.88 Å². The number of amides is 1. The second-order valence-electron chi connectivity index (χ2n) is 4.87. The summed E-state index contributed by atoms with van der Waals surface area (Å²) in [6.45, 7) is 0. The molecule has 1 atom stereocenters. The van der Waals surface area contributed by atoms with Gasteiger partial charge in [-0.1, -0.05) is 19.3 Å². The first kappa shape index (κ1) is 12.6. The molecule has 1 N–H and O–H groups in total. The monoisotopic (exact) mass is 246 g/mol. The molecule has 0 aliphatic heterocycles. The summed E-state index contributed by atoms with van der Waals surface area (Å²) in [5, 5.41) is 12.0. The van der Waals surface area contributed by atoms with Gasteiger partial charge in [-0.05, 0) is 18.8 Å². The van der Waals surface area contributed by atoms with E-state index >= 15 is 0 Å². The molecule has 1 aliphatic rings. The first-order valence-corrected chi connectivity index (χ1v) is 6.39. The maximum absolute atomic E-state index is 12.0. The van der Waals surface area contributed by atoms with Crippen molar-refractivity contribution < 1.29 is 4.79 Å². The van der Waals surface area contributed by atoms with Crippen molar-refractivity contribution in [3.05, 3.63) is 18.2 Å². The lowest BCUT2D eigenvalue weighted by atomic mass is 9.84. The van der Waals surface area contributed by atoms with E-state index in [0.29, 0.717) is 11.6 Å². The van der Waals surface area contributed by atoms with Gasteiger partial charge in [-0.3, -0.25) is 4.79 Å². The van der Waals surface area contributed by atoms with Gasteiger partial charge in [-0.15, -0.1) is 0 Å². The summed E-state index contributed by atoms with van der Waals surface area (Å²) in [6.07, 6.45) is 8.72. The van der Waals surface area contributed by atoms with Crippen LogP contribution in [0.3, 0.4) is 0 Å². The van der Waals surface area contributed by atoms with Crippen LogP contribution in [0.1, 0.15) is 42.6 Å². The third-order valence-electron chi connectivity index (χ3n) is 3.60. The van der Waals surface area contributed by atoms with Crippen LogP contribution in [-0.2, 0) is 7.05 Å². The van der Waals surface area contributed by atoms with Crippen LogP contribution in [-0.4, -0.2) is 21.5 Å². The highest BCUT2D eigenvalue weighted by molar-refractivity contribution is 5.92. The normalized spacial score (nSPS) is 18.0. The van der Waals surface area contributed by atoms with E-state index < -0.39 is 0 Å². The predicted molar refractivity (Wildman–Crippen MR) is 66.7 cm³/mol. The molecule has 96 valence electrons. The molecule has 1 unspecified atom stereocenters. The second kappa shape index (κ2) is 5.67. The van der Waals surface area contributed by atoms with Crippen molar-refractivity contribution in [2.24, 2.45) is 13.0 Å². The molecular formula is C13H18N4O. The molecule has 1 fully saturated rings. The molecule has 0 saturated heterocycles. The van der Waals surface area contributed by atoms with Gasteiger partial charge >= 0.3 is 0 Å². The SMILES string of the molecule is Cn1cncc1C(=O)NC(C#N)C1CCCCC1. The average Bonchev–Trinajstić information content (AvgIpc) is 2.83. The van der Waals surface area contributed by atoms with Crippen LogP contribution >= 0.6 is 0 Å². The van der Waals surface area contributed by atoms with Crippen LogP contribution < -0.4 is 5.32 Å². The van der Waals surface area contributed by atoms with Gasteiger partial charge in [0.1, 0.15) is 11.7 Å². The second-order valence-corrected chi connectivity index (χ2v) is 4.87. The van der Waals surface area contributed by atoms with Crippen molar-refractivity contribution in [2.75, 3.05) is 0 Å². The van der Waals surface area contributed by atoms with Gasteiger partial charge in [0.05, 0.1) is 18.6 Å². The van der Waals surface area contributed by atoms with E-state index in [4.69, 9.17) is 0 Å². The largest absolute Gasteiger partial charge is 0.335 e. The Morgan fingerprint density at radius 1 is 1.56 bits per heavy atom. The Morgan fingerprint density at radius 3 is 2.83 bits per heavy atom. The molecule has 1 aliphatic carbocycles. The number of hydrogen-bond acceptors (Lipinski definition) is 3. The molecular weight excluding hydrogens is 228 g/mol. The number of carbonyl (C=O) groups excluding carboxylic acids is 1.